The highest BCUT2D eigenvalue weighted by Crippen LogP contribution is 2.34. The highest BCUT2D eigenvalue weighted by molar-refractivity contribution is 9.10. The van der Waals surface area contributed by atoms with Gasteiger partial charge in [-0.1, -0.05) is 28.1 Å². The Bertz CT molecular complexity index is 1580. The molecule has 220 valence electrons. The van der Waals surface area contributed by atoms with Crippen LogP contribution in [0, 0.1) is 5.82 Å². The Morgan fingerprint density at radius 1 is 1.12 bits per heavy atom. The summed E-state index contributed by atoms with van der Waals surface area (Å²) in [6.45, 7) is 5.62. The van der Waals surface area contributed by atoms with Crippen molar-refractivity contribution >= 4 is 32.9 Å². The molecule has 6 rings (SSSR count). The molecule has 0 N–H and O–H groups in total. The van der Waals surface area contributed by atoms with Crippen LogP contribution in [0.5, 0.6) is 5.88 Å². The number of hydrogen-bond acceptors (Lipinski definition) is 7. The van der Waals surface area contributed by atoms with Gasteiger partial charge in [0.05, 0.1) is 42.4 Å². The summed E-state index contributed by atoms with van der Waals surface area (Å²) in [6.07, 6.45) is 3.09. The van der Waals surface area contributed by atoms with Crippen molar-refractivity contribution in [2.45, 2.75) is 57.4 Å². The zero-order chi connectivity index (χ0) is 29.2. The first-order valence-electron chi connectivity index (χ1n) is 14.4. The Hall–Kier alpha value is -3.34. The fraction of sp³-hybridized carbons (Fsp3) is 0.406. The second kappa shape index (κ2) is 12.5. The number of aromatic nitrogens is 3. The van der Waals surface area contributed by atoms with Crippen LogP contribution in [0.15, 0.2) is 59.1 Å². The van der Waals surface area contributed by atoms with Crippen LogP contribution in [0.2, 0.25) is 0 Å². The van der Waals surface area contributed by atoms with Gasteiger partial charge in [-0.15, -0.1) is 0 Å². The van der Waals surface area contributed by atoms with Gasteiger partial charge >= 0.3 is 5.97 Å². The quantitative estimate of drug-likeness (QED) is 0.196. The number of esters is 1. The largest absolute Gasteiger partial charge is 0.473 e. The number of pyridine rings is 1. The lowest BCUT2D eigenvalue weighted by atomic mass is 9.92. The lowest BCUT2D eigenvalue weighted by molar-refractivity contribution is -0.0594. The van der Waals surface area contributed by atoms with E-state index < -0.39 is 0 Å². The molecular weight excluding hydrogens is 603 g/mol. The minimum atomic E-state index is -0.357. The topological polar surface area (TPSA) is 78.7 Å². The average molecular weight is 638 g/mol. The summed E-state index contributed by atoms with van der Waals surface area (Å²) < 4.78 is 33.7. The molecule has 42 heavy (non-hydrogen) atoms. The molecule has 0 spiro atoms. The van der Waals surface area contributed by atoms with Crippen molar-refractivity contribution in [1.29, 1.82) is 0 Å². The summed E-state index contributed by atoms with van der Waals surface area (Å²) in [7, 11) is 1.40. The van der Waals surface area contributed by atoms with E-state index in [0.29, 0.717) is 33.9 Å². The molecule has 10 heteroatoms. The van der Waals surface area contributed by atoms with Crippen molar-refractivity contribution in [3.63, 3.8) is 0 Å². The van der Waals surface area contributed by atoms with Crippen LogP contribution in [0.25, 0.3) is 11.0 Å². The Morgan fingerprint density at radius 3 is 2.64 bits per heavy atom. The summed E-state index contributed by atoms with van der Waals surface area (Å²) in [5, 5.41) is 0. The van der Waals surface area contributed by atoms with Gasteiger partial charge in [0.25, 0.3) is 0 Å². The van der Waals surface area contributed by atoms with Gasteiger partial charge in [-0.25, -0.2) is 19.2 Å². The molecule has 2 saturated heterocycles. The van der Waals surface area contributed by atoms with Crippen LogP contribution in [0.4, 0.5) is 4.39 Å². The molecule has 2 aromatic carbocycles. The molecule has 2 aliphatic heterocycles. The van der Waals surface area contributed by atoms with E-state index >= 15 is 0 Å². The third kappa shape index (κ3) is 6.07. The lowest BCUT2D eigenvalue weighted by Gasteiger charge is -2.36. The number of rotatable bonds is 9. The molecule has 0 radical (unpaired) electrons. The smallest absolute Gasteiger partial charge is 0.337 e. The molecule has 0 saturated carbocycles. The van der Waals surface area contributed by atoms with E-state index in [-0.39, 0.29) is 30.5 Å². The molecular formula is C32H34BrFN4O4. The van der Waals surface area contributed by atoms with Crippen molar-refractivity contribution < 1.29 is 23.4 Å². The van der Waals surface area contributed by atoms with Gasteiger partial charge in [0.15, 0.2) is 0 Å². The summed E-state index contributed by atoms with van der Waals surface area (Å²) in [4.78, 5) is 24.5. The number of piperidine rings is 1. The first-order valence-corrected chi connectivity index (χ1v) is 15.2. The molecule has 2 aliphatic rings. The molecule has 0 bridgehead atoms. The molecule has 2 aromatic heterocycles. The van der Waals surface area contributed by atoms with Gasteiger partial charge in [0, 0.05) is 34.3 Å². The number of nitrogens with zero attached hydrogens (tertiary/aromatic N) is 4. The van der Waals surface area contributed by atoms with E-state index in [2.05, 4.69) is 32.3 Å². The van der Waals surface area contributed by atoms with E-state index in [4.69, 9.17) is 24.2 Å². The van der Waals surface area contributed by atoms with E-state index in [1.54, 1.807) is 18.2 Å². The fourth-order valence-electron chi connectivity index (χ4n) is 5.80. The summed E-state index contributed by atoms with van der Waals surface area (Å²) >= 11 is 3.29. The number of hydrogen-bond donors (Lipinski definition) is 0. The number of benzene rings is 2. The van der Waals surface area contributed by atoms with E-state index in [9.17, 15) is 9.18 Å². The molecule has 0 aliphatic carbocycles. The highest BCUT2D eigenvalue weighted by Gasteiger charge is 2.30. The number of carbonyl (C=O) groups is 1. The predicted molar refractivity (Wildman–Crippen MR) is 160 cm³/mol. The third-order valence-corrected chi connectivity index (χ3v) is 8.88. The van der Waals surface area contributed by atoms with Gasteiger partial charge in [-0.2, -0.15) is 0 Å². The summed E-state index contributed by atoms with van der Waals surface area (Å²) in [5.74, 6) is 1.13. The SMILES string of the molecule is COC(=O)c1ccc2nc(C(C)N3CCC(c4cccc(OCc5ccc(Br)cc5F)n4)CC3)n(C[C@@H]3CCO3)c2c1. The second-order valence-electron chi connectivity index (χ2n) is 11.0. The Morgan fingerprint density at radius 2 is 1.93 bits per heavy atom. The predicted octanol–water partition coefficient (Wildman–Crippen LogP) is 6.43. The molecule has 4 heterocycles. The zero-order valence-electron chi connectivity index (χ0n) is 23.8. The fourth-order valence-corrected chi connectivity index (χ4v) is 6.14. The normalized spacial score (nSPS) is 18.5. The van der Waals surface area contributed by atoms with Crippen LogP contribution in [-0.2, 0) is 22.6 Å². The number of ether oxygens (including phenoxy) is 3. The number of fused-ring (bicyclic) bond motifs is 1. The molecule has 2 atom stereocenters. The van der Waals surface area contributed by atoms with E-state index in [1.807, 2.05) is 30.3 Å². The Labute approximate surface area is 252 Å². The summed E-state index contributed by atoms with van der Waals surface area (Å²) in [5.41, 5.74) is 3.79. The van der Waals surface area contributed by atoms with Crippen molar-refractivity contribution in [3.8, 4) is 5.88 Å². The van der Waals surface area contributed by atoms with Crippen LogP contribution < -0.4 is 4.74 Å². The van der Waals surface area contributed by atoms with Crippen molar-refractivity contribution in [2.75, 3.05) is 26.8 Å². The maximum Gasteiger partial charge on any atom is 0.337 e. The average Bonchev–Trinajstić information content (AvgIpc) is 3.35. The number of methoxy groups -OCH3 is 1. The van der Waals surface area contributed by atoms with E-state index in [1.165, 1.54) is 13.2 Å². The molecule has 0 amide bonds. The highest BCUT2D eigenvalue weighted by atomic mass is 79.9. The number of likely N-dealkylation sites (tertiary alicyclic amines) is 1. The van der Waals surface area contributed by atoms with E-state index in [0.717, 1.165) is 61.5 Å². The van der Waals surface area contributed by atoms with Gasteiger partial charge in [-0.3, -0.25) is 4.90 Å². The maximum atomic E-state index is 14.2. The monoisotopic (exact) mass is 636 g/mol. The van der Waals surface area contributed by atoms with Gasteiger partial charge < -0.3 is 18.8 Å². The van der Waals surface area contributed by atoms with Crippen molar-refractivity contribution in [3.05, 3.63) is 87.5 Å². The minimum Gasteiger partial charge on any atom is -0.473 e. The third-order valence-electron chi connectivity index (χ3n) is 8.38. The number of imidazole rings is 1. The Kier molecular flexibility index (Phi) is 8.55. The van der Waals surface area contributed by atoms with Crippen LogP contribution in [0.3, 0.4) is 0 Å². The van der Waals surface area contributed by atoms with Gasteiger partial charge in [-0.05, 0) is 75.7 Å². The minimum absolute atomic E-state index is 0.0865. The van der Waals surface area contributed by atoms with Crippen LogP contribution in [0.1, 0.15) is 65.6 Å². The number of halogens is 2. The molecule has 2 fully saturated rings. The first-order chi connectivity index (χ1) is 20.4. The number of carbonyl (C=O) groups excluding carboxylic acids is 1. The second-order valence-corrected chi connectivity index (χ2v) is 11.9. The van der Waals surface area contributed by atoms with Gasteiger partial charge in [0.2, 0.25) is 5.88 Å². The molecule has 4 aromatic rings. The summed E-state index contributed by atoms with van der Waals surface area (Å²) in [6, 6.07) is 16.4. The standard InChI is InChI=1S/C32H34BrFN4O4/c1-20(31-36-28-9-7-22(32(39)40-2)16-29(28)38(31)18-25-12-15-41-25)37-13-10-21(11-14-37)27-4-3-5-30(35-27)42-19-23-6-8-24(33)17-26(23)34/h3-9,16-17,20-21,25H,10-15,18-19H2,1-2H3/t20?,25-/m0/s1. The van der Waals surface area contributed by atoms with Crippen molar-refractivity contribution in [2.24, 2.45) is 0 Å². The van der Waals surface area contributed by atoms with Gasteiger partial charge in [0.1, 0.15) is 18.2 Å². The first kappa shape index (κ1) is 28.8. The maximum absolute atomic E-state index is 14.2. The van der Waals surface area contributed by atoms with Crippen LogP contribution >= 0.6 is 15.9 Å². The van der Waals surface area contributed by atoms with Crippen LogP contribution in [-0.4, -0.2) is 58.3 Å². The zero-order valence-corrected chi connectivity index (χ0v) is 25.3. The van der Waals surface area contributed by atoms with Crippen molar-refractivity contribution in [1.82, 2.24) is 19.4 Å². The molecule has 8 nitrogen and oxygen atoms in total. The Balaban J connectivity index is 1.14. The molecule has 1 unspecified atom stereocenters. The lowest BCUT2D eigenvalue weighted by Crippen LogP contribution is -2.37.